The molecule has 2 saturated heterocycles. The highest BCUT2D eigenvalue weighted by Crippen LogP contribution is 2.33. The first-order valence-electron chi connectivity index (χ1n) is 9.69. The minimum Gasteiger partial charge on any atom is -0.486 e. The second-order valence-corrected chi connectivity index (χ2v) is 7.46. The van der Waals surface area contributed by atoms with Crippen LogP contribution in [0.4, 0.5) is 4.79 Å². The van der Waals surface area contributed by atoms with Crippen molar-refractivity contribution in [3.05, 3.63) is 23.8 Å². The molecule has 0 radical (unpaired) electrons. The third-order valence-electron chi connectivity index (χ3n) is 5.61. The van der Waals surface area contributed by atoms with E-state index in [4.69, 9.17) is 19.5 Å². The predicted molar refractivity (Wildman–Crippen MR) is 97.8 cm³/mol. The van der Waals surface area contributed by atoms with Crippen molar-refractivity contribution in [3.63, 3.8) is 0 Å². The molecule has 1 aromatic rings. The molecule has 0 saturated carbocycles. The van der Waals surface area contributed by atoms with Gasteiger partial charge in [0.1, 0.15) is 19.3 Å². The van der Waals surface area contributed by atoms with Gasteiger partial charge < -0.3 is 19.1 Å². The molecule has 1 atom stereocenters. The fourth-order valence-electron chi connectivity index (χ4n) is 3.99. The molecule has 0 aliphatic carbocycles. The predicted octanol–water partition coefficient (Wildman–Crippen LogP) is 2.25. The molecule has 144 valence electrons. The van der Waals surface area contributed by atoms with Crippen LogP contribution in [0, 0.1) is 17.2 Å². The van der Waals surface area contributed by atoms with Gasteiger partial charge in [-0.05, 0) is 50.4 Å². The molecule has 0 aromatic heterocycles. The Bertz CT molecular complexity index is 724. The molecular formula is C20H25N3O4. The number of rotatable bonds is 5. The monoisotopic (exact) mass is 371 g/mol. The topological polar surface area (TPSA) is 75.0 Å². The van der Waals surface area contributed by atoms with Gasteiger partial charge in [0.25, 0.3) is 0 Å². The number of benzene rings is 1. The smallest absolute Gasteiger partial charge is 0.409 e. The number of likely N-dealkylation sites (tertiary alicyclic amines) is 1. The maximum absolute atomic E-state index is 11.5. The highest BCUT2D eigenvalue weighted by molar-refractivity contribution is 5.69. The van der Waals surface area contributed by atoms with Crippen LogP contribution in [0.2, 0.25) is 0 Å². The lowest BCUT2D eigenvalue weighted by atomic mass is 9.93. The molecule has 2 fully saturated rings. The van der Waals surface area contributed by atoms with Crippen LogP contribution in [0.15, 0.2) is 18.2 Å². The lowest BCUT2D eigenvalue weighted by Crippen LogP contribution is -2.44. The molecule has 0 spiro atoms. The van der Waals surface area contributed by atoms with Gasteiger partial charge in [0, 0.05) is 19.2 Å². The summed E-state index contributed by atoms with van der Waals surface area (Å²) in [6.45, 7) is 5.52. The van der Waals surface area contributed by atoms with E-state index in [1.165, 1.54) is 0 Å². The normalized spacial score (nSPS) is 23.1. The molecule has 0 bridgehead atoms. The van der Waals surface area contributed by atoms with Crippen molar-refractivity contribution in [2.24, 2.45) is 5.92 Å². The zero-order valence-corrected chi connectivity index (χ0v) is 15.4. The van der Waals surface area contributed by atoms with Crippen molar-refractivity contribution in [2.75, 3.05) is 45.9 Å². The van der Waals surface area contributed by atoms with E-state index in [-0.39, 0.29) is 12.2 Å². The highest BCUT2D eigenvalue weighted by atomic mass is 16.6. The number of nitriles is 1. The van der Waals surface area contributed by atoms with Crippen molar-refractivity contribution in [2.45, 2.75) is 25.4 Å². The molecule has 3 aliphatic rings. The van der Waals surface area contributed by atoms with E-state index < -0.39 is 0 Å². The summed E-state index contributed by atoms with van der Waals surface area (Å²) in [7, 11) is 0. The van der Waals surface area contributed by atoms with E-state index in [0.717, 1.165) is 52.0 Å². The first-order chi connectivity index (χ1) is 13.2. The lowest BCUT2D eigenvalue weighted by molar-refractivity contribution is 0.0467. The van der Waals surface area contributed by atoms with Gasteiger partial charge in [-0.1, -0.05) is 0 Å². The SMILES string of the molecule is N#Cc1ccc2c(c1)OC(CN1CCC(CCN3CCOC3=O)CC1)CO2. The maximum atomic E-state index is 11.5. The molecule has 7 nitrogen and oxygen atoms in total. The van der Waals surface area contributed by atoms with Crippen molar-refractivity contribution in [1.29, 1.82) is 5.26 Å². The Labute approximate surface area is 159 Å². The fourth-order valence-corrected chi connectivity index (χ4v) is 3.99. The quantitative estimate of drug-likeness (QED) is 0.790. The van der Waals surface area contributed by atoms with Crippen molar-refractivity contribution >= 4 is 6.09 Å². The fraction of sp³-hybridized carbons (Fsp3) is 0.600. The summed E-state index contributed by atoms with van der Waals surface area (Å²) in [5.41, 5.74) is 0.584. The lowest BCUT2D eigenvalue weighted by Gasteiger charge is -2.36. The third kappa shape index (κ3) is 4.28. The zero-order chi connectivity index (χ0) is 18.6. The molecule has 1 unspecified atom stereocenters. The van der Waals surface area contributed by atoms with Gasteiger partial charge in [0.15, 0.2) is 11.5 Å². The second-order valence-electron chi connectivity index (χ2n) is 7.46. The van der Waals surface area contributed by atoms with Gasteiger partial charge in [-0.25, -0.2) is 4.79 Å². The van der Waals surface area contributed by atoms with Crippen molar-refractivity contribution in [3.8, 4) is 17.6 Å². The maximum Gasteiger partial charge on any atom is 0.409 e. The van der Waals surface area contributed by atoms with Crippen molar-refractivity contribution in [1.82, 2.24) is 9.80 Å². The van der Waals surface area contributed by atoms with E-state index in [1.54, 1.807) is 18.2 Å². The first kappa shape index (κ1) is 17.9. The molecular weight excluding hydrogens is 346 g/mol. The summed E-state index contributed by atoms with van der Waals surface area (Å²) in [5.74, 6) is 2.04. The van der Waals surface area contributed by atoms with Crippen LogP contribution < -0.4 is 9.47 Å². The summed E-state index contributed by atoms with van der Waals surface area (Å²) < 4.78 is 16.8. The van der Waals surface area contributed by atoms with Gasteiger partial charge in [0.05, 0.1) is 18.2 Å². The molecule has 27 heavy (non-hydrogen) atoms. The number of carbonyl (C=O) groups excluding carboxylic acids is 1. The Kier molecular flexibility index (Phi) is 5.35. The molecule has 3 heterocycles. The summed E-state index contributed by atoms with van der Waals surface area (Å²) in [4.78, 5) is 15.7. The summed E-state index contributed by atoms with van der Waals surface area (Å²) in [6, 6.07) is 7.42. The number of carbonyl (C=O) groups is 1. The minimum atomic E-state index is -0.165. The summed E-state index contributed by atoms with van der Waals surface area (Å²) in [6.07, 6.45) is 3.16. The molecule has 0 N–H and O–H groups in total. The first-order valence-corrected chi connectivity index (χ1v) is 9.69. The number of nitrogens with zero attached hydrogens (tertiary/aromatic N) is 3. The van der Waals surface area contributed by atoms with Crippen LogP contribution in [0.5, 0.6) is 11.5 Å². The molecule has 4 rings (SSSR count). The van der Waals surface area contributed by atoms with Crippen molar-refractivity contribution < 1.29 is 19.0 Å². The zero-order valence-electron chi connectivity index (χ0n) is 15.4. The Morgan fingerprint density at radius 2 is 2.00 bits per heavy atom. The Morgan fingerprint density at radius 3 is 2.74 bits per heavy atom. The van der Waals surface area contributed by atoms with Crippen LogP contribution in [0.25, 0.3) is 0 Å². The van der Waals surface area contributed by atoms with E-state index in [0.29, 0.717) is 36.2 Å². The number of amides is 1. The number of piperidine rings is 1. The number of hydrogen-bond acceptors (Lipinski definition) is 6. The van der Waals surface area contributed by atoms with Crippen LogP contribution >= 0.6 is 0 Å². The highest BCUT2D eigenvalue weighted by Gasteiger charge is 2.28. The average molecular weight is 371 g/mol. The number of cyclic esters (lactones) is 1. The second kappa shape index (κ2) is 8.05. The Morgan fingerprint density at radius 1 is 1.15 bits per heavy atom. The largest absolute Gasteiger partial charge is 0.486 e. The third-order valence-corrected chi connectivity index (χ3v) is 5.61. The number of ether oxygens (including phenoxy) is 3. The molecule has 7 heteroatoms. The van der Waals surface area contributed by atoms with E-state index in [1.807, 2.05) is 4.90 Å². The standard InChI is InChI=1S/C20H25N3O4/c21-12-16-1-2-18-19(11-16)27-17(14-26-18)13-22-6-3-15(4-7-22)5-8-23-9-10-25-20(23)24/h1-2,11,15,17H,3-10,13-14H2. The van der Waals surface area contributed by atoms with Gasteiger partial charge in [-0.2, -0.15) is 5.26 Å². The Hall–Kier alpha value is -2.46. The average Bonchev–Trinajstić information content (AvgIpc) is 3.11. The van der Waals surface area contributed by atoms with Gasteiger partial charge in [-0.3, -0.25) is 4.90 Å². The van der Waals surface area contributed by atoms with Crippen LogP contribution in [-0.2, 0) is 4.74 Å². The van der Waals surface area contributed by atoms with Gasteiger partial charge in [-0.15, -0.1) is 0 Å². The molecule has 1 amide bonds. The van der Waals surface area contributed by atoms with Crippen LogP contribution in [0.3, 0.4) is 0 Å². The molecule has 3 aliphatic heterocycles. The number of fused-ring (bicyclic) bond motifs is 1. The van der Waals surface area contributed by atoms with Crippen LogP contribution in [-0.4, -0.2) is 67.9 Å². The number of hydrogen-bond donors (Lipinski definition) is 0. The van der Waals surface area contributed by atoms with E-state index >= 15 is 0 Å². The van der Waals surface area contributed by atoms with E-state index in [2.05, 4.69) is 11.0 Å². The summed E-state index contributed by atoms with van der Waals surface area (Å²) >= 11 is 0. The van der Waals surface area contributed by atoms with Gasteiger partial charge >= 0.3 is 6.09 Å². The molecule has 1 aromatic carbocycles. The Balaban J connectivity index is 1.21. The summed E-state index contributed by atoms with van der Waals surface area (Å²) in [5, 5.41) is 9.04. The van der Waals surface area contributed by atoms with E-state index in [9.17, 15) is 4.79 Å². The van der Waals surface area contributed by atoms with Gasteiger partial charge in [0.2, 0.25) is 0 Å². The van der Waals surface area contributed by atoms with Crippen LogP contribution in [0.1, 0.15) is 24.8 Å². The minimum absolute atomic E-state index is 0.0117.